The predicted molar refractivity (Wildman–Crippen MR) is 195 cm³/mol. The topological polar surface area (TPSA) is 89.8 Å². The van der Waals surface area contributed by atoms with E-state index in [2.05, 4.69) is 31.3 Å². The Morgan fingerprint density at radius 2 is 0.889 bits per heavy atom. The first-order valence-electron chi connectivity index (χ1n) is 20.0. The van der Waals surface area contributed by atoms with Crippen LogP contribution in [-0.2, 0) is 4.79 Å². The molecule has 0 saturated carbocycles. The van der Waals surface area contributed by atoms with Crippen molar-refractivity contribution >= 4 is 5.91 Å². The van der Waals surface area contributed by atoms with E-state index in [-0.39, 0.29) is 12.5 Å². The molecule has 0 spiro atoms. The smallest absolute Gasteiger partial charge is 0.220 e. The van der Waals surface area contributed by atoms with Gasteiger partial charge in [-0.1, -0.05) is 180 Å². The molecule has 0 rings (SSSR count). The third kappa shape index (κ3) is 31.5. The predicted octanol–water partition coefficient (Wildman–Crippen LogP) is 10.9. The van der Waals surface area contributed by atoms with Crippen LogP contribution in [-0.4, -0.2) is 46.1 Å². The zero-order valence-electron chi connectivity index (χ0n) is 30.3. The summed E-state index contributed by atoms with van der Waals surface area (Å²) in [5.74, 6) is -0.152. The van der Waals surface area contributed by atoms with Crippen LogP contribution >= 0.6 is 0 Å². The molecule has 0 aliphatic rings. The standard InChI is InChI=1S/C40H79NO4/c1-3-5-7-9-11-13-15-17-18-19-20-21-23-25-27-29-31-33-35-39(44)41-37(36-42)40(45)38(43)34-32-30-28-26-24-22-16-14-12-10-8-6-4-2/h20-21,37-38,40,42-43,45H,3-19,22-36H2,1-2H3,(H,41,44)/b21-20-. The molecule has 0 aliphatic heterocycles. The van der Waals surface area contributed by atoms with E-state index in [1.807, 2.05) is 0 Å². The zero-order valence-corrected chi connectivity index (χ0v) is 30.3. The van der Waals surface area contributed by atoms with E-state index in [4.69, 9.17) is 0 Å². The van der Waals surface area contributed by atoms with Crippen molar-refractivity contribution in [2.45, 2.75) is 231 Å². The summed E-state index contributed by atoms with van der Waals surface area (Å²) >= 11 is 0. The average Bonchev–Trinajstić information content (AvgIpc) is 3.04. The van der Waals surface area contributed by atoms with Gasteiger partial charge in [0.15, 0.2) is 0 Å². The van der Waals surface area contributed by atoms with Crippen LogP contribution in [0.5, 0.6) is 0 Å². The van der Waals surface area contributed by atoms with Crippen LogP contribution in [0.15, 0.2) is 12.2 Å². The molecule has 0 aliphatic carbocycles. The molecule has 1 amide bonds. The van der Waals surface area contributed by atoms with Crippen LogP contribution in [0.4, 0.5) is 0 Å². The van der Waals surface area contributed by atoms with Gasteiger partial charge < -0.3 is 20.6 Å². The molecule has 4 N–H and O–H groups in total. The molecule has 268 valence electrons. The molecule has 0 radical (unpaired) electrons. The van der Waals surface area contributed by atoms with Crippen LogP contribution in [0.3, 0.4) is 0 Å². The maximum Gasteiger partial charge on any atom is 0.220 e. The first-order chi connectivity index (χ1) is 22.1. The number of carbonyl (C=O) groups is 1. The number of hydrogen-bond acceptors (Lipinski definition) is 4. The van der Waals surface area contributed by atoms with E-state index in [0.717, 1.165) is 44.9 Å². The molecule has 45 heavy (non-hydrogen) atoms. The SMILES string of the molecule is CCCCCCCCCCC/C=C\CCCCCCCC(=O)NC(CO)C(O)C(O)CCCCCCCCCCCCCCC. The van der Waals surface area contributed by atoms with Crippen molar-refractivity contribution in [1.29, 1.82) is 0 Å². The molecule has 0 aromatic carbocycles. The van der Waals surface area contributed by atoms with Crippen molar-refractivity contribution in [2.24, 2.45) is 0 Å². The first-order valence-corrected chi connectivity index (χ1v) is 20.0. The maximum absolute atomic E-state index is 12.4. The Kier molecular flexibility index (Phi) is 35.2. The molecule has 0 bridgehead atoms. The summed E-state index contributed by atoms with van der Waals surface area (Å²) in [6.45, 7) is 4.17. The summed E-state index contributed by atoms with van der Waals surface area (Å²) in [4.78, 5) is 12.4. The van der Waals surface area contributed by atoms with Gasteiger partial charge in [-0.05, 0) is 38.5 Å². The second kappa shape index (κ2) is 35.9. The van der Waals surface area contributed by atoms with Crippen molar-refractivity contribution in [2.75, 3.05) is 6.61 Å². The molecule has 0 heterocycles. The molecule has 3 atom stereocenters. The van der Waals surface area contributed by atoms with Crippen molar-refractivity contribution < 1.29 is 20.1 Å². The average molecular weight is 638 g/mol. The van der Waals surface area contributed by atoms with Gasteiger partial charge in [-0.3, -0.25) is 4.79 Å². The summed E-state index contributed by atoms with van der Waals surface area (Å²) < 4.78 is 0. The lowest BCUT2D eigenvalue weighted by molar-refractivity contribution is -0.124. The number of aliphatic hydroxyl groups is 3. The van der Waals surface area contributed by atoms with E-state index in [1.54, 1.807) is 0 Å². The number of hydrogen-bond donors (Lipinski definition) is 4. The molecule has 3 unspecified atom stereocenters. The normalized spacial score (nSPS) is 13.8. The fraction of sp³-hybridized carbons (Fsp3) is 0.925. The van der Waals surface area contributed by atoms with E-state index in [9.17, 15) is 20.1 Å². The highest BCUT2D eigenvalue weighted by atomic mass is 16.3. The van der Waals surface area contributed by atoms with Gasteiger partial charge in [0.2, 0.25) is 5.91 Å². The van der Waals surface area contributed by atoms with Crippen LogP contribution in [0.2, 0.25) is 0 Å². The van der Waals surface area contributed by atoms with Gasteiger partial charge in [-0.25, -0.2) is 0 Å². The minimum absolute atomic E-state index is 0.152. The fourth-order valence-corrected chi connectivity index (χ4v) is 6.21. The van der Waals surface area contributed by atoms with Gasteiger partial charge in [0, 0.05) is 6.42 Å². The molecule has 0 fully saturated rings. The zero-order chi connectivity index (χ0) is 33.1. The lowest BCUT2D eigenvalue weighted by Crippen LogP contribution is -2.50. The number of aliphatic hydroxyl groups excluding tert-OH is 3. The van der Waals surface area contributed by atoms with Crippen LogP contribution in [0.25, 0.3) is 0 Å². The second-order valence-corrected chi connectivity index (χ2v) is 13.8. The largest absolute Gasteiger partial charge is 0.394 e. The summed E-state index contributed by atoms with van der Waals surface area (Å²) in [5.41, 5.74) is 0. The Hall–Kier alpha value is -0.910. The number of nitrogens with one attached hydrogen (secondary N) is 1. The molecular weight excluding hydrogens is 558 g/mol. The Morgan fingerprint density at radius 3 is 1.29 bits per heavy atom. The Morgan fingerprint density at radius 1 is 0.533 bits per heavy atom. The quantitative estimate of drug-likeness (QED) is 0.0406. The summed E-state index contributed by atoms with van der Waals surface area (Å²) in [7, 11) is 0. The Bertz CT molecular complexity index is 625. The fourth-order valence-electron chi connectivity index (χ4n) is 6.21. The van der Waals surface area contributed by atoms with Crippen molar-refractivity contribution in [3.63, 3.8) is 0 Å². The number of carbonyl (C=O) groups excluding carboxylic acids is 1. The van der Waals surface area contributed by atoms with Gasteiger partial charge in [-0.15, -0.1) is 0 Å². The highest BCUT2D eigenvalue weighted by Crippen LogP contribution is 2.16. The number of allylic oxidation sites excluding steroid dienone is 2. The molecule has 0 aromatic heterocycles. The van der Waals surface area contributed by atoms with Crippen LogP contribution < -0.4 is 5.32 Å². The van der Waals surface area contributed by atoms with E-state index in [1.165, 1.54) is 141 Å². The van der Waals surface area contributed by atoms with Crippen molar-refractivity contribution in [3.8, 4) is 0 Å². The Balaban J connectivity index is 3.66. The third-order valence-electron chi connectivity index (χ3n) is 9.37. The van der Waals surface area contributed by atoms with Gasteiger partial charge in [0.05, 0.1) is 18.8 Å². The highest BCUT2D eigenvalue weighted by molar-refractivity contribution is 5.76. The van der Waals surface area contributed by atoms with Gasteiger partial charge in [-0.2, -0.15) is 0 Å². The van der Waals surface area contributed by atoms with E-state index in [0.29, 0.717) is 12.8 Å². The third-order valence-corrected chi connectivity index (χ3v) is 9.37. The minimum atomic E-state index is -1.13. The summed E-state index contributed by atoms with van der Waals surface area (Å²) in [6, 6.07) is -0.809. The minimum Gasteiger partial charge on any atom is -0.394 e. The van der Waals surface area contributed by atoms with Gasteiger partial charge in [0.25, 0.3) is 0 Å². The summed E-state index contributed by atoms with van der Waals surface area (Å²) in [5, 5.41) is 33.4. The van der Waals surface area contributed by atoms with Gasteiger partial charge >= 0.3 is 0 Å². The Labute approximate surface area is 280 Å². The number of amides is 1. The van der Waals surface area contributed by atoms with Gasteiger partial charge in [0.1, 0.15) is 6.10 Å². The molecule has 5 nitrogen and oxygen atoms in total. The molecular formula is C40H79NO4. The molecule has 0 aromatic rings. The molecule has 5 heteroatoms. The van der Waals surface area contributed by atoms with Crippen LogP contribution in [0, 0.1) is 0 Å². The second-order valence-electron chi connectivity index (χ2n) is 13.8. The lowest BCUT2D eigenvalue weighted by Gasteiger charge is -2.26. The van der Waals surface area contributed by atoms with E-state index < -0.39 is 18.2 Å². The first kappa shape index (κ1) is 44.1. The number of rotatable bonds is 36. The molecule has 0 saturated heterocycles. The maximum atomic E-state index is 12.4. The highest BCUT2D eigenvalue weighted by Gasteiger charge is 2.26. The number of unbranched alkanes of at least 4 members (excludes halogenated alkanes) is 26. The van der Waals surface area contributed by atoms with Crippen molar-refractivity contribution in [1.82, 2.24) is 5.32 Å². The van der Waals surface area contributed by atoms with E-state index >= 15 is 0 Å². The van der Waals surface area contributed by atoms with Crippen LogP contribution in [0.1, 0.15) is 213 Å². The van der Waals surface area contributed by atoms with Crippen molar-refractivity contribution in [3.05, 3.63) is 12.2 Å². The summed E-state index contributed by atoms with van der Waals surface area (Å²) in [6.07, 6.45) is 40.2. The lowest BCUT2D eigenvalue weighted by atomic mass is 9.99. The monoisotopic (exact) mass is 638 g/mol.